The van der Waals surface area contributed by atoms with E-state index in [0.29, 0.717) is 50.8 Å². The second kappa shape index (κ2) is 36.5. The number of aromatic amines is 1. The number of rotatable bonds is 0. The SMILES string of the molecule is CB1CCC(C(C)(C)C)O1.CB1CN=C(C(C)(C)C)O1.CB1Cc2ccc(C(C)(C)C)cc2O1.CB1OCc2cc(C(C)(C)C)ccc21.CB1OCc2ccc(C(C)(C)C)cc21.CC(C)(C)C1=CCOB1O.CC(C)(C)C1=NCN=N1.CC(C)(C)c1ccc2c(c1)OB(O)C2.CC(C)(C)c1noc(=O)[nH]1. The van der Waals surface area contributed by atoms with Crippen molar-refractivity contribution in [3.05, 3.63) is 145 Å². The van der Waals surface area contributed by atoms with Gasteiger partial charge in [0.05, 0.1) is 19.7 Å². The predicted octanol–water partition coefficient (Wildman–Crippen LogP) is 17.3. The van der Waals surface area contributed by atoms with Crippen LogP contribution < -0.4 is 26.0 Å². The van der Waals surface area contributed by atoms with Crippen molar-refractivity contribution in [3.63, 3.8) is 0 Å². The standard InChI is InChI=1S/3C12H17BO.C11H15BO2.C8H17BO.C7H14BNO.C7H13BO2.C6H11N3.C6H10N2O2/c1-12(2,3)10-5-6-11-9(7-10)8-14-13(11)4;1-12(2,3)10-6-5-9-8-14-13(4)11(9)7-10;1-12(2,3)10-6-5-9-8-13(4)14-11(9)7-10;1-11(2,3)9-5-4-8-7-12(13)14-10(8)6-9;1-8(2,3)7-5-6-9(4)10-7;1-7(2,3)6-9-5-8(4)10-6;1-7(2,3)6-4-5-10-8(6)9;1-6(2,3)5-7-4-8-9-5;1-6(2,3)4-7-5(9)10-8-4/h3*5-7H,8H2,1-4H3;4-6,13H,7H2,1-3H3;7H,5-6H2,1-4H3;5H2,1-4H3;4,9H,5H2,1-3H3;4H2,1-3H3;1-3H3,(H,7,8,9). The fourth-order valence-electron chi connectivity index (χ4n) is 11.9. The summed E-state index contributed by atoms with van der Waals surface area (Å²) in [5.41, 5.74) is 15.5. The van der Waals surface area contributed by atoms with Gasteiger partial charge >= 0.3 is 47.7 Å². The van der Waals surface area contributed by atoms with Crippen LogP contribution in [0.2, 0.25) is 40.4 Å². The van der Waals surface area contributed by atoms with Crippen molar-refractivity contribution in [3.8, 4) is 11.5 Å². The quantitative estimate of drug-likeness (QED) is 0.124. The Labute approximate surface area is 636 Å². The average molecular weight is 1440 g/mol. The topological polar surface area (TPSA) is 213 Å². The fraction of sp³-hybridized carbons (Fsp3) is 0.630. The molecule has 0 bridgehead atoms. The van der Waals surface area contributed by atoms with Gasteiger partial charge < -0.3 is 42.6 Å². The van der Waals surface area contributed by atoms with Gasteiger partial charge in [0, 0.05) is 35.3 Å². The van der Waals surface area contributed by atoms with Crippen LogP contribution in [0.15, 0.2) is 114 Å². The molecule has 0 aliphatic carbocycles. The summed E-state index contributed by atoms with van der Waals surface area (Å²) < 4.78 is 42.7. The monoisotopic (exact) mass is 1440 g/mol. The van der Waals surface area contributed by atoms with Crippen LogP contribution in [0, 0.1) is 21.7 Å². The Morgan fingerprint density at radius 1 is 0.486 bits per heavy atom. The largest absolute Gasteiger partial charge is 0.561 e. The number of fused-ring (bicyclic) bond motifs is 4. The number of hydrogen-bond acceptors (Lipinski definition) is 16. The first-order valence-corrected chi connectivity index (χ1v) is 38.2. The van der Waals surface area contributed by atoms with Crippen molar-refractivity contribution < 1.29 is 47.2 Å². The van der Waals surface area contributed by atoms with Crippen LogP contribution in [0.5, 0.6) is 11.5 Å². The number of nitrogens with one attached hydrogen (secondary N) is 1. The van der Waals surface area contributed by atoms with E-state index in [1.807, 2.05) is 45.8 Å². The second-order valence-electron chi connectivity index (χ2n) is 38.4. The van der Waals surface area contributed by atoms with Crippen LogP contribution in [0.25, 0.3) is 0 Å². The smallest absolute Gasteiger partial charge is 0.527 e. The molecule has 17 nitrogen and oxygen atoms in total. The number of H-pyrrole nitrogens is 1. The van der Waals surface area contributed by atoms with Crippen LogP contribution in [0.4, 0.5) is 0 Å². The maximum atomic E-state index is 10.5. The molecule has 1 atom stereocenters. The highest BCUT2D eigenvalue weighted by molar-refractivity contribution is 6.68. The summed E-state index contributed by atoms with van der Waals surface area (Å²) in [5, 5.41) is 29.7. The Balaban J connectivity index is 0.000000213. The molecule has 3 N–H and O–H groups in total. The van der Waals surface area contributed by atoms with Crippen molar-refractivity contribution in [1.82, 2.24) is 10.1 Å². The van der Waals surface area contributed by atoms with Crippen molar-refractivity contribution in [2.75, 3.05) is 19.7 Å². The Morgan fingerprint density at radius 3 is 1.37 bits per heavy atom. The van der Waals surface area contributed by atoms with Gasteiger partial charge in [-0.05, 0) is 138 Å². The summed E-state index contributed by atoms with van der Waals surface area (Å²) in [4.78, 5) is 21.3. The Bertz CT molecular complexity index is 3740. The normalized spacial score (nSPS) is 17.3. The van der Waals surface area contributed by atoms with E-state index >= 15 is 0 Å². The van der Waals surface area contributed by atoms with E-state index in [0.717, 1.165) is 60.2 Å². The summed E-state index contributed by atoms with van der Waals surface area (Å²) in [6.45, 7) is 72.9. The molecule has 4 aromatic carbocycles. The average Bonchev–Trinajstić information content (AvgIpc) is 1.72. The lowest BCUT2D eigenvalue weighted by Crippen LogP contribution is -2.26. The van der Waals surface area contributed by atoms with Crippen LogP contribution in [-0.4, -0.2) is 107 Å². The maximum absolute atomic E-state index is 10.5. The van der Waals surface area contributed by atoms with E-state index in [-0.39, 0.29) is 64.1 Å². The minimum atomic E-state index is -0.667. The lowest BCUT2D eigenvalue weighted by molar-refractivity contribution is 0.106. The first kappa shape index (κ1) is 89.7. The zero-order valence-corrected chi connectivity index (χ0v) is 70.8. The first-order chi connectivity index (χ1) is 48.0. The summed E-state index contributed by atoms with van der Waals surface area (Å²) in [5.74, 6) is 3.78. The van der Waals surface area contributed by atoms with Crippen LogP contribution in [0.3, 0.4) is 0 Å². The van der Waals surface area contributed by atoms with Gasteiger partial charge in [-0.15, -0.1) is 5.11 Å². The van der Waals surface area contributed by atoms with Crippen molar-refractivity contribution in [2.45, 2.75) is 293 Å². The van der Waals surface area contributed by atoms with Crippen molar-refractivity contribution in [1.29, 1.82) is 0 Å². The molecule has 1 saturated heterocycles. The molecule has 572 valence electrons. The van der Waals surface area contributed by atoms with E-state index in [9.17, 15) is 14.8 Å². The third kappa shape index (κ3) is 28.6. The summed E-state index contributed by atoms with van der Waals surface area (Å²) >= 11 is 0. The number of allylic oxidation sites excluding steroid dienone is 1. The highest BCUT2D eigenvalue weighted by Gasteiger charge is 2.36. The van der Waals surface area contributed by atoms with Gasteiger partial charge in [0.15, 0.2) is 24.2 Å². The maximum Gasteiger partial charge on any atom is 0.527 e. The number of azo groups is 1. The van der Waals surface area contributed by atoms with E-state index in [2.05, 4.69) is 289 Å². The van der Waals surface area contributed by atoms with Gasteiger partial charge in [-0.1, -0.05) is 279 Å². The molecule has 1 unspecified atom stereocenters. The molecule has 9 heterocycles. The van der Waals surface area contributed by atoms with E-state index in [4.69, 9.17) is 32.6 Å². The van der Waals surface area contributed by atoms with Crippen molar-refractivity contribution >= 4 is 71.5 Å². The van der Waals surface area contributed by atoms with Crippen molar-refractivity contribution in [2.24, 2.45) is 41.9 Å². The third-order valence-electron chi connectivity index (χ3n) is 18.8. The minimum absolute atomic E-state index is 0.0376. The summed E-state index contributed by atoms with van der Waals surface area (Å²) in [7, 11) is -1.32. The zero-order chi connectivity index (χ0) is 79.4. The number of hydrogen-bond donors (Lipinski definition) is 3. The van der Waals surface area contributed by atoms with E-state index < -0.39 is 20.0 Å². The molecule has 1 aromatic heterocycles. The predicted molar refractivity (Wildman–Crippen MR) is 445 cm³/mol. The lowest BCUT2D eigenvalue weighted by atomic mass is 9.63. The molecular weight excluding hydrogens is 1310 g/mol. The van der Waals surface area contributed by atoms with Gasteiger partial charge in [-0.25, -0.2) is 9.79 Å². The van der Waals surface area contributed by atoms with Crippen LogP contribution in [-0.2, 0) is 76.2 Å². The molecule has 105 heavy (non-hydrogen) atoms. The zero-order valence-electron chi connectivity index (χ0n) is 70.8. The molecule has 0 amide bonds. The number of amidine groups is 1. The molecule has 5 aromatic rings. The van der Waals surface area contributed by atoms with Gasteiger partial charge in [-0.3, -0.25) is 14.5 Å². The first-order valence-electron chi connectivity index (χ1n) is 38.2. The van der Waals surface area contributed by atoms with E-state index in [1.165, 1.54) is 62.6 Å². The molecule has 8 aliphatic rings. The van der Waals surface area contributed by atoms with Crippen LogP contribution in [0.1, 0.15) is 244 Å². The molecule has 8 aliphatic heterocycles. The van der Waals surface area contributed by atoms with Gasteiger partial charge in [0.2, 0.25) is 0 Å². The molecule has 0 radical (unpaired) electrons. The number of nitrogens with zero attached hydrogens (tertiary/aromatic N) is 5. The molecule has 13 rings (SSSR count). The lowest BCUT2D eigenvalue weighted by Gasteiger charge is -2.27. The van der Waals surface area contributed by atoms with Crippen LogP contribution >= 0.6 is 0 Å². The number of aromatic nitrogens is 2. The Morgan fingerprint density at radius 2 is 0.990 bits per heavy atom. The molecular formula is C81H131B7N6O11. The fourth-order valence-corrected chi connectivity index (χ4v) is 11.9. The molecule has 0 spiro atoms. The Hall–Kier alpha value is -5.89. The summed E-state index contributed by atoms with van der Waals surface area (Å²) in [6, 6.07) is 26.3. The highest BCUT2D eigenvalue weighted by atomic mass is 16.5. The number of aliphatic imine (C=N–C) groups is 2. The molecule has 1 fully saturated rings. The number of benzene rings is 4. The minimum Gasteiger partial charge on any atom is -0.561 e. The second-order valence-corrected chi connectivity index (χ2v) is 38.4. The van der Waals surface area contributed by atoms with E-state index in [1.54, 1.807) is 0 Å². The summed E-state index contributed by atoms with van der Waals surface area (Å²) in [6.07, 6.45) is 7.41. The Kier molecular flexibility index (Phi) is 31.2. The van der Waals surface area contributed by atoms with Gasteiger partial charge in [0.1, 0.15) is 11.5 Å². The highest BCUT2D eigenvalue weighted by Crippen LogP contribution is 2.36. The van der Waals surface area contributed by atoms with Gasteiger partial charge in [-0.2, -0.15) is 5.11 Å². The third-order valence-corrected chi connectivity index (χ3v) is 18.8. The van der Waals surface area contributed by atoms with Gasteiger partial charge in [0.25, 0.3) is 6.92 Å². The molecule has 24 heteroatoms. The molecule has 0 saturated carbocycles.